The summed E-state index contributed by atoms with van der Waals surface area (Å²) >= 11 is 0. The van der Waals surface area contributed by atoms with Gasteiger partial charge in [-0.3, -0.25) is 0 Å². The first-order valence-corrected chi connectivity index (χ1v) is 7.12. The number of aliphatic hydroxyl groups is 1. The van der Waals surface area contributed by atoms with E-state index in [1.165, 1.54) is 0 Å². The van der Waals surface area contributed by atoms with Crippen molar-refractivity contribution in [2.75, 3.05) is 6.61 Å². The highest BCUT2D eigenvalue weighted by Crippen LogP contribution is 2.09. The predicted octanol–water partition coefficient (Wildman–Crippen LogP) is 1.55. The summed E-state index contributed by atoms with van der Waals surface area (Å²) in [7, 11) is 0. The lowest BCUT2D eigenvalue weighted by atomic mass is 10.0. The lowest BCUT2D eigenvalue weighted by Gasteiger charge is -2.22. The summed E-state index contributed by atoms with van der Waals surface area (Å²) in [6.45, 7) is 4.89. The summed E-state index contributed by atoms with van der Waals surface area (Å²) in [5, 5.41) is 20.2. The molecule has 6 nitrogen and oxygen atoms in total. The van der Waals surface area contributed by atoms with Gasteiger partial charge >= 0.3 is 12.1 Å². The van der Waals surface area contributed by atoms with Crippen LogP contribution >= 0.6 is 0 Å². The van der Waals surface area contributed by atoms with E-state index < -0.39 is 23.7 Å². The first-order valence-electron chi connectivity index (χ1n) is 7.12. The van der Waals surface area contributed by atoms with Crippen LogP contribution in [0.2, 0.25) is 0 Å². The fraction of sp³-hybridized carbons (Fsp3) is 0.412. The summed E-state index contributed by atoms with van der Waals surface area (Å²) < 4.78 is 5.06. The Balaban J connectivity index is 2.73. The van der Waals surface area contributed by atoms with Crippen LogP contribution in [-0.4, -0.2) is 40.5 Å². The third-order valence-corrected chi connectivity index (χ3v) is 2.69. The van der Waals surface area contributed by atoms with Gasteiger partial charge in [-0.2, -0.15) is 0 Å². The van der Waals surface area contributed by atoms with E-state index in [1.54, 1.807) is 45.0 Å². The number of carbonyl (C=O) groups excluding carboxylic acids is 1. The van der Waals surface area contributed by atoms with Crippen molar-refractivity contribution in [3.63, 3.8) is 0 Å². The molecule has 0 aliphatic rings. The monoisotopic (exact) mass is 319 g/mol. The highest BCUT2D eigenvalue weighted by Gasteiger charge is 2.24. The molecule has 0 bridgehead atoms. The lowest BCUT2D eigenvalue weighted by molar-refractivity contribution is -0.139. The lowest BCUT2D eigenvalue weighted by Crippen LogP contribution is -2.44. The molecule has 1 atom stereocenters. The Labute approximate surface area is 135 Å². The number of carboxylic acid groups (broad SMARTS) is 1. The van der Waals surface area contributed by atoms with Gasteiger partial charge in [0.2, 0.25) is 0 Å². The molecule has 0 spiro atoms. The summed E-state index contributed by atoms with van der Waals surface area (Å²) in [5.74, 6) is 4.14. The quantitative estimate of drug-likeness (QED) is 0.732. The first kappa shape index (κ1) is 18.5. The normalized spacial score (nSPS) is 11.8. The van der Waals surface area contributed by atoms with Crippen LogP contribution in [0, 0.1) is 11.8 Å². The standard InChI is InChI=1S/C17H21NO5/c1-17(2,3)23-16(22)18-14(15(20)21)11-13-8-6-12(7-9-13)5-4-10-19/h6-9,14,19H,10-11H2,1-3H3,(H,18,22)(H,20,21)/t14-/m0/s1. The second-order valence-electron chi connectivity index (χ2n) is 5.90. The minimum atomic E-state index is -1.14. The van der Waals surface area contributed by atoms with E-state index in [0.717, 1.165) is 11.1 Å². The molecule has 0 aliphatic heterocycles. The van der Waals surface area contributed by atoms with Crippen molar-refractivity contribution in [3.8, 4) is 11.8 Å². The van der Waals surface area contributed by atoms with E-state index >= 15 is 0 Å². The number of alkyl carbamates (subject to hydrolysis) is 1. The highest BCUT2D eigenvalue weighted by atomic mass is 16.6. The number of rotatable bonds is 4. The molecular weight excluding hydrogens is 298 g/mol. The maximum absolute atomic E-state index is 11.7. The Hall–Kier alpha value is -2.52. The van der Waals surface area contributed by atoms with Crippen molar-refractivity contribution >= 4 is 12.1 Å². The minimum Gasteiger partial charge on any atom is -0.480 e. The van der Waals surface area contributed by atoms with Crippen molar-refractivity contribution < 1.29 is 24.5 Å². The van der Waals surface area contributed by atoms with Crippen LogP contribution in [0.5, 0.6) is 0 Å². The molecular formula is C17H21NO5. The van der Waals surface area contributed by atoms with Crippen molar-refractivity contribution in [1.29, 1.82) is 0 Å². The van der Waals surface area contributed by atoms with Crippen LogP contribution < -0.4 is 5.32 Å². The van der Waals surface area contributed by atoms with Crippen LogP contribution in [-0.2, 0) is 16.0 Å². The molecule has 0 fully saturated rings. The van der Waals surface area contributed by atoms with E-state index in [1.807, 2.05) is 0 Å². The van der Waals surface area contributed by atoms with Crippen molar-refractivity contribution in [2.24, 2.45) is 0 Å². The Morgan fingerprint density at radius 2 is 1.87 bits per heavy atom. The van der Waals surface area contributed by atoms with Gasteiger partial charge in [0, 0.05) is 12.0 Å². The van der Waals surface area contributed by atoms with Gasteiger partial charge < -0.3 is 20.3 Å². The summed E-state index contributed by atoms with van der Waals surface area (Å²) in [4.78, 5) is 23.0. The molecule has 0 heterocycles. The number of amides is 1. The second kappa shape index (κ2) is 8.20. The van der Waals surface area contributed by atoms with Crippen LogP contribution in [0.4, 0.5) is 4.79 Å². The summed E-state index contributed by atoms with van der Waals surface area (Å²) in [5.41, 5.74) is 0.762. The Morgan fingerprint density at radius 3 is 2.35 bits per heavy atom. The Bertz CT molecular complexity index is 605. The number of carboxylic acids is 1. The average molecular weight is 319 g/mol. The zero-order chi connectivity index (χ0) is 17.5. The van der Waals surface area contributed by atoms with Gasteiger partial charge in [-0.1, -0.05) is 24.0 Å². The highest BCUT2D eigenvalue weighted by molar-refractivity contribution is 5.80. The molecule has 0 aromatic heterocycles. The third-order valence-electron chi connectivity index (χ3n) is 2.69. The van der Waals surface area contributed by atoms with Crippen LogP contribution in [0.25, 0.3) is 0 Å². The zero-order valence-corrected chi connectivity index (χ0v) is 13.4. The number of carbonyl (C=O) groups is 2. The van der Waals surface area contributed by atoms with Gasteiger partial charge in [0.15, 0.2) is 0 Å². The average Bonchev–Trinajstić information content (AvgIpc) is 2.43. The topological polar surface area (TPSA) is 95.9 Å². The summed E-state index contributed by atoms with van der Waals surface area (Å²) in [6.07, 6.45) is -0.641. The largest absolute Gasteiger partial charge is 0.480 e. The SMILES string of the molecule is CC(C)(C)OC(=O)N[C@@H](Cc1ccc(C#CCO)cc1)C(=O)O. The zero-order valence-electron chi connectivity index (χ0n) is 13.4. The maximum Gasteiger partial charge on any atom is 0.408 e. The molecule has 1 amide bonds. The van der Waals surface area contributed by atoms with E-state index in [0.29, 0.717) is 0 Å². The van der Waals surface area contributed by atoms with Gasteiger partial charge in [-0.25, -0.2) is 9.59 Å². The van der Waals surface area contributed by atoms with E-state index in [-0.39, 0.29) is 13.0 Å². The fourth-order valence-corrected chi connectivity index (χ4v) is 1.75. The summed E-state index contributed by atoms with van der Waals surface area (Å²) in [6, 6.07) is 5.83. The minimum absolute atomic E-state index is 0.127. The van der Waals surface area contributed by atoms with Crippen molar-refractivity contribution in [1.82, 2.24) is 5.32 Å². The van der Waals surface area contributed by atoms with Gasteiger partial charge in [-0.05, 0) is 38.5 Å². The molecule has 0 unspecified atom stereocenters. The molecule has 0 aliphatic carbocycles. The number of hydrogen-bond donors (Lipinski definition) is 3. The molecule has 3 N–H and O–H groups in total. The number of aliphatic hydroxyl groups excluding tert-OH is 1. The molecule has 1 aromatic carbocycles. The molecule has 124 valence electrons. The number of hydrogen-bond acceptors (Lipinski definition) is 4. The number of aliphatic carboxylic acids is 1. The first-order chi connectivity index (χ1) is 10.7. The van der Waals surface area contributed by atoms with Crippen LogP contribution in [0.15, 0.2) is 24.3 Å². The van der Waals surface area contributed by atoms with Crippen LogP contribution in [0.1, 0.15) is 31.9 Å². The second-order valence-corrected chi connectivity index (χ2v) is 5.90. The van der Waals surface area contributed by atoms with Crippen molar-refractivity contribution in [3.05, 3.63) is 35.4 Å². The molecule has 1 aromatic rings. The van der Waals surface area contributed by atoms with Gasteiger partial charge in [0.1, 0.15) is 18.2 Å². The molecule has 23 heavy (non-hydrogen) atoms. The number of nitrogens with one attached hydrogen (secondary N) is 1. The smallest absolute Gasteiger partial charge is 0.408 e. The van der Waals surface area contributed by atoms with Gasteiger partial charge in [-0.15, -0.1) is 0 Å². The van der Waals surface area contributed by atoms with Gasteiger partial charge in [0.05, 0.1) is 0 Å². The Kier molecular flexibility index (Phi) is 6.61. The van der Waals surface area contributed by atoms with Crippen LogP contribution in [0.3, 0.4) is 0 Å². The maximum atomic E-state index is 11.7. The fourth-order valence-electron chi connectivity index (χ4n) is 1.75. The van der Waals surface area contributed by atoms with E-state index in [2.05, 4.69) is 17.2 Å². The molecule has 0 radical (unpaired) electrons. The molecule has 1 rings (SSSR count). The third kappa shape index (κ3) is 7.34. The van der Waals surface area contributed by atoms with Crippen molar-refractivity contribution in [2.45, 2.75) is 38.8 Å². The molecule has 0 saturated heterocycles. The molecule has 0 saturated carbocycles. The number of benzene rings is 1. The van der Waals surface area contributed by atoms with E-state index in [9.17, 15) is 14.7 Å². The Morgan fingerprint density at radius 1 is 1.26 bits per heavy atom. The van der Waals surface area contributed by atoms with E-state index in [4.69, 9.17) is 9.84 Å². The molecule has 6 heteroatoms. The predicted molar refractivity (Wildman–Crippen MR) is 84.9 cm³/mol. The van der Waals surface area contributed by atoms with Gasteiger partial charge in [0.25, 0.3) is 0 Å². The number of ether oxygens (including phenoxy) is 1.